The average molecular weight is 233 g/mol. The van der Waals surface area contributed by atoms with Gasteiger partial charge in [-0.15, -0.1) is 11.6 Å². The van der Waals surface area contributed by atoms with E-state index in [4.69, 9.17) is 11.6 Å². The normalized spacial score (nSPS) is 14.0. The predicted molar refractivity (Wildman–Crippen MR) is 59.0 cm³/mol. The van der Waals surface area contributed by atoms with Crippen LogP contribution in [0.25, 0.3) is 0 Å². The SMILES string of the molecule is CC(C)(C)CC(Cl)c1ccc(F)c(F)c1. The smallest absolute Gasteiger partial charge is 0.159 e. The Bertz CT molecular complexity index is 342. The van der Waals surface area contributed by atoms with Crippen LogP contribution in [0, 0.1) is 17.0 Å². The lowest BCUT2D eigenvalue weighted by atomic mass is 9.88. The molecule has 0 aliphatic heterocycles. The summed E-state index contributed by atoms with van der Waals surface area (Å²) in [5.74, 6) is -1.68. The molecule has 0 nitrogen and oxygen atoms in total. The van der Waals surface area contributed by atoms with Crippen molar-refractivity contribution in [1.82, 2.24) is 0 Å². The number of hydrogen-bond donors (Lipinski definition) is 0. The van der Waals surface area contributed by atoms with Crippen molar-refractivity contribution in [2.45, 2.75) is 32.6 Å². The summed E-state index contributed by atoms with van der Waals surface area (Å²) in [6.45, 7) is 6.17. The second kappa shape index (κ2) is 4.48. The second-order valence-corrected chi connectivity index (χ2v) is 5.43. The molecule has 1 unspecified atom stereocenters. The zero-order chi connectivity index (χ0) is 11.6. The molecule has 0 fully saturated rings. The van der Waals surface area contributed by atoms with Gasteiger partial charge in [0.05, 0.1) is 5.38 Å². The van der Waals surface area contributed by atoms with E-state index in [-0.39, 0.29) is 10.8 Å². The summed E-state index contributed by atoms with van der Waals surface area (Å²) >= 11 is 6.13. The Morgan fingerprint density at radius 2 is 1.80 bits per heavy atom. The van der Waals surface area contributed by atoms with Crippen molar-refractivity contribution in [2.24, 2.45) is 5.41 Å². The lowest BCUT2D eigenvalue weighted by molar-refractivity contribution is 0.372. The van der Waals surface area contributed by atoms with Crippen LogP contribution in [0.15, 0.2) is 18.2 Å². The third-order valence-corrected chi connectivity index (χ3v) is 2.50. The van der Waals surface area contributed by atoms with E-state index < -0.39 is 11.6 Å². The Hall–Kier alpha value is -0.630. The van der Waals surface area contributed by atoms with E-state index in [0.717, 1.165) is 12.5 Å². The van der Waals surface area contributed by atoms with Gasteiger partial charge in [-0.1, -0.05) is 26.8 Å². The maximum absolute atomic E-state index is 12.9. The topological polar surface area (TPSA) is 0 Å². The predicted octanol–water partition coefficient (Wildman–Crippen LogP) is 4.68. The van der Waals surface area contributed by atoms with Crippen LogP contribution >= 0.6 is 11.6 Å². The highest BCUT2D eigenvalue weighted by Crippen LogP contribution is 2.34. The average Bonchev–Trinajstić information content (AvgIpc) is 2.06. The molecule has 0 aliphatic rings. The second-order valence-electron chi connectivity index (χ2n) is 4.91. The Balaban J connectivity index is 2.83. The molecule has 0 saturated carbocycles. The molecule has 0 radical (unpaired) electrons. The molecule has 0 saturated heterocycles. The summed E-state index contributed by atoms with van der Waals surface area (Å²) in [6, 6.07) is 3.81. The molecule has 0 bridgehead atoms. The van der Waals surface area contributed by atoms with Gasteiger partial charge in [0.15, 0.2) is 11.6 Å². The van der Waals surface area contributed by atoms with Gasteiger partial charge in [-0.25, -0.2) is 8.78 Å². The summed E-state index contributed by atoms with van der Waals surface area (Å²) in [5.41, 5.74) is 0.697. The van der Waals surface area contributed by atoms with Gasteiger partial charge in [0.2, 0.25) is 0 Å². The van der Waals surface area contributed by atoms with E-state index in [9.17, 15) is 8.78 Å². The molecule has 1 aromatic rings. The van der Waals surface area contributed by atoms with Gasteiger partial charge in [0.25, 0.3) is 0 Å². The standard InChI is InChI=1S/C12H15ClF2/c1-12(2,3)7-9(13)8-4-5-10(14)11(15)6-8/h4-6,9H,7H2,1-3H3. The molecule has 1 atom stereocenters. The summed E-state index contributed by atoms with van der Waals surface area (Å²) in [4.78, 5) is 0. The van der Waals surface area contributed by atoms with Crippen molar-refractivity contribution >= 4 is 11.6 Å². The third-order valence-electron chi connectivity index (χ3n) is 2.10. The molecule has 0 N–H and O–H groups in total. The van der Waals surface area contributed by atoms with Gasteiger partial charge in [-0.3, -0.25) is 0 Å². The largest absolute Gasteiger partial charge is 0.204 e. The highest BCUT2D eigenvalue weighted by Gasteiger charge is 2.19. The first-order chi connectivity index (χ1) is 6.79. The van der Waals surface area contributed by atoms with Gasteiger partial charge in [0, 0.05) is 0 Å². The lowest BCUT2D eigenvalue weighted by Gasteiger charge is -2.22. The van der Waals surface area contributed by atoms with Crippen molar-refractivity contribution < 1.29 is 8.78 Å². The monoisotopic (exact) mass is 232 g/mol. The van der Waals surface area contributed by atoms with Crippen LogP contribution in [0.5, 0.6) is 0 Å². The molecule has 0 aliphatic carbocycles. The molecular weight excluding hydrogens is 218 g/mol. The third kappa shape index (κ3) is 3.78. The molecular formula is C12H15ClF2. The van der Waals surface area contributed by atoms with E-state index in [1.54, 1.807) is 0 Å². The van der Waals surface area contributed by atoms with Gasteiger partial charge in [-0.2, -0.15) is 0 Å². The molecule has 0 spiro atoms. The summed E-state index contributed by atoms with van der Waals surface area (Å²) < 4.78 is 25.6. The quantitative estimate of drug-likeness (QED) is 0.650. The van der Waals surface area contributed by atoms with Crippen molar-refractivity contribution in [3.05, 3.63) is 35.4 Å². The van der Waals surface area contributed by atoms with Crippen LogP contribution in [-0.4, -0.2) is 0 Å². The number of alkyl halides is 1. The van der Waals surface area contributed by atoms with Gasteiger partial charge >= 0.3 is 0 Å². The number of hydrogen-bond acceptors (Lipinski definition) is 0. The van der Waals surface area contributed by atoms with Crippen molar-refractivity contribution in [2.75, 3.05) is 0 Å². The van der Waals surface area contributed by atoms with Crippen LogP contribution in [0.2, 0.25) is 0 Å². The fourth-order valence-electron chi connectivity index (χ4n) is 1.36. The Morgan fingerprint density at radius 3 is 2.27 bits per heavy atom. The minimum absolute atomic E-state index is 0.0667. The first kappa shape index (κ1) is 12.4. The zero-order valence-electron chi connectivity index (χ0n) is 9.15. The van der Waals surface area contributed by atoms with Crippen LogP contribution in [0.3, 0.4) is 0 Å². The van der Waals surface area contributed by atoms with Crippen LogP contribution in [-0.2, 0) is 0 Å². The molecule has 0 amide bonds. The van der Waals surface area contributed by atoms with E-state index in [1.165, 1.54) is 12.1 Å². The van der Waals surface area contributed by atoms with Crippen molar-refractivity contribution in [3.63, 3.8) is 0 Å². The van der Waals surface area contributed by atoms with E-state index in [2.05, 4.69) is 20.8 Å². The Morgan fingerprint density at radius 1 is 1.20 bits per heavy atom. The Labute approximate surface area is 94.3 Å². The van der Waals surface area contributed by atoms with Crippen molar-refractivity contribution in [1.29, 1.82) is 0 Å². The van der Waals surface area contributed by atoms with Gasteiger partial charge < -0.3 is 0 Å². The lowest BCUT2D eigenvalue weighted by Crippen LogP contribution is -2.08. The fraction of sp³-hybridized carbons (Fsp3) is 0.500. The molecule has 1 rings (SSSR count). The van der Waals surface area contributed by atoms with Crippen molar-refractivity contribution in [3.8, 4) is 0 Å². The maximum atomic E-state index is 12.9. The zero-order valence-corrected chi connectivity index (χ0v) is 9.91. The molecule has 15 heavy (non-hydrogen) atoms. The van der Waals surface area contributed by atoms with E-state index >= 15 is 0 Å². The van der Waals surface area contributed by atoms with Crippen LogP contribution < -0.4 is 0 Å². The number of benzene rings is 1. The molecule has 0 aromatic heterocycles. The number of halogens is 3. The molecule has 84 valence electrons. The minimum atomic E-state index is -0.841. The molecule has 1 aromatic carbocycles. The van der Waals surface area contributed by atoms with Gasteiger partial charge in [-0.05, 0) is 29.5 Å². The number of rotatable bonds is 2. The molecule has 0 heterocycles. The maximum Gasteiger partial charge on any atom is 0.159 e. The van der Waals surface area contributed by atoms with Gasteiger partial charge in [0.1, 0.15) is 0 Å². The summed E-state index contributed by atoms with van der Waals surface area (Å²) in [6.07, 6.45) is 0.722. The highest BCUT2D eigenvalue weighted by atomic mass is 35.5. The first-order valence-electron chi connectivity index (χ1n) is 4.88. The fourth-order valence-corrected chi connectivity index (χ4v) is 1.96. The van der Waals surface area contributed by atoms with Crippen LogP contribution in [0.1, 0.15) is 38.1 Å². The van der Waals surface area contributed by atoms with E-state index in [0.29, 0.717) is 5.56 Å². The highest BCUT2D eigenvalue weighted by molar-refractivity contribution is 6.20. The summed E-state index contributed by atoms with van der Waals surface area (Å²) in [7, 11) is 0. The molecule has 3 heteroatoms. The Kier molecular flexibility index (Phi) is 3.72. The van der Waals surface area contributed by atoms with Crippen LogP contribution in [0.4, 0.5) is 8.78 Å². The minimum Gasteiger partial charge on any atom is -0.204 e. The first-order valence-corrected chi connectivity index (χ1v) is 5.32. The summed E-state index contributed by atoms with van der Waals surface area (Å²) in [5, 5.41) is -0.278. The van der Waals surface area contributed by atoms with E-state index in [1.807, 2.05) is 0 Å².